The van der Waals surface area contributed by atoms with Crippen LogP contribution in [-0.2, 0) is 10.2 Å². The summed E-state index contributed by atoms with van der Waals surface area (Å²) >= 11 is 0. The lowest BCUT2D eigenvalue weighted by Crippen LogP contribution is -2.45. The second-order valence-corrected chi connectivity index (χ2v) is 5.19. The largest absolute Gasteiger partial charge is 0.379 e. The number of ether oxygens (including phenoxy) is 1. The molecule has 15 heavy (non-hydrogen) atoms. The smallest absolute Gasteiger partial charge is 0.0583 e. The molecule has 0 aromatic heterocycles. The van der Waals surface area contributed by atoms with Gasteiger partial charge in [-0.1, -0.05) is 13.0 Å². The van der Waals surface area contributed by atoms with E-state index in [-0.39, 0.29) is 5.41 Å². The molecule has 1 aromatic carbocycles. The zero-order valence-electron chi connectivity index (χ0n) is 10.4. The first kappa shape index (κ1) is 10.7. The summed E-state index contributed by atoms with van der Waals surface area (Å²) in [6.07, 6.45) is 0. The molecule has 2 rings (SSSR count). The molecule has 0 bridgehead atoms. The van der Waals surface area contributed by atoms with Crippen LogP contribution in [-0.4, -0.2) is 13.2 Å². The van der Waals surface area contributed by atoms with E-state index in [2.05, 4.69) is 40.7 Å². The fraction of sp³-hybridized carbons (Fsp3) is 0.571. The molecule has 0 atom stereocenters. The molecule has 0 amide bonds. The Morgan fingerprint density at radius 1 is 1.00 bits per heavy atom. The topological polar surface area (TPSA) is 9.23 Å². The fourth-order valence-electron chi connectivity index (χ4n) is 2.67. The third kappa shape index (κ3) is 1.50. The van der Waals surface area contributed by atoms with Crippen molar-refractivity contribution in [1.29, 1.82) is 0 Å². The first-order valence-corrected chi connectivity index (χ1v) is 5.61. The number of aryl methyl sites for hydroxylation is 2. The van der Waals surface area contributed by atoms with Crippen molar-refractivity contribution in [2.45, 2.75) is 40.0 Å². The van der Waals surface area contributed by atoms with E-state index >= 15 is 0 Å². The van der Waals surface area contributed by atoms with Crippen LogP contribution in [0.1, 0.15) is 34.7 Å². The molecule has 1 aromatic rings. The lowest BCUT2D eigenvalue weighted by Gasteiger charge is -2.41. The lowest BCUT2D eigenvalue weighted by atomic mass is 9.74. The minimum absolute atomic E-state index is 0.255. The molecule has 1 nitrogen and oxygen atoms in total. The van der Waals surface area contributed by atoms with E-state index in [1.54, 1.807) is 0 Å². The highest BCUT2D eigenvalue weighted by Crippen LogP contribution is 2.38. The number of hydrogen-bond donors (Lipinski definition) is 0. The Labute approximate surface area is 92.5 Å². The average molecular weight is 204 g/mol. The number of rotatable bonds is 1. The van der Waals surface area contributed by atoms with Crippen LogP contribution in [0.4, 0.5) is 0 Å². The molecular weight excluding hydrogens is 184 g/mol. The van der Waals surface area contributed by atoms with Crippen LogP contribution in [0, 0.1) is 27.7 Å². The first-order chi connectivity index (χ1) is 6.96. The minimum atomic E-state index is 0.255. The van der Waals surface area contributed by atoms with Gasteiger partial charge in [0.1, 0.15) is 0 Å². The number of benzene rings is 1. The summed E-state index contributed by atoms with van der Waals surface area (Å²) < 4.78 is 5.38. The summed E-state index contributed by atoms with van der Waals surface area (Å²) in [5.74, 6) is 0. The zero-order valence-corrected chi connectivity index (χ0v) is 10.4. The summed E-state index contributed by atoms with van der Waals surface area (Å²) in [6, 6.07) is 2.29. The van der Waals surface area contributed by atoms with Gasteiger partial charge in [0.05, 0.1) is 13.2 Å². The molecule has 1 aliphatic rings. The second kappa shape index (κ2) is 3.34. The van der Waals surface area contributed by atoms with Gasteiger partial charge in [0.2, 0.25) is 0 Å². The van der Waals surface area contributed by atoms with Gasteiger partial charge in [0.15, 0.2) is 0 Å². The van der Waals surface area contributed by atoms with Crippen molar-refractivity contribution in [3.8, 4) is 0 Å². The Morgan fingerprint density at radius 3 is 1.80 bits per heavy atom. The van der Waals surface area contributed by atoms with Crippen LogP contribution in [0.25, 0.3) is 0 Å². The quantitative estimate of drug-likeness (QED) is 0.682. The molecule has 0 aliphatic carbocycles. The van der Waals surface area contributed by atoms with Crippen molar-refractivity contribution in [3.05, 3.63) is 33.9 Å². The average Bonchev–Trinajstić information content (AvgIpc) is 2.12. The Kier molecular flexibility index (Phi) is 2.38. The van der Waals surface area contributed by atoms with Gasteiger partial charge in [-0.2, -0.15) is 0 Å². The Balaban J connectivity index is 2.63. The maximum atomic E-state index is 5.38. The molecule has 0 unspecified atom stereocenters. The van der Waals surface area contributed by atoms with Gasteiger partial charge in [-0.3, -0.25) is 0 Å². The van der Waals surface area contributed by atoms with E-state index in [9.17, 15) is 0 Å². The summed E-state index contributed by atoms with van der Waals surface area (Å²) in [6.45, 7) is 12.9. The van der Waals surface area contributed by atoms with Crippen molar-refractivity contribution < 1.29 is 4.74 Å². The molecule has 0 radical (unpaired) electrons. The Morgan fingerprint density at radius 2 is 1.47 bits per heavy atom. The van der Waals surface area contributed by atoms with Gasteiger partial charge < -0.3 is 4.74 Å². The monoisotopic (exact) mass is 204 g/mol. The predicted molar refractivity (Wildman–Crippen MR) is 63.6 cm³/mol. The second-order valence-electron chi connectivity index (χ2n) is 5.19. The molecule has 1 heteroatoms. The van der Waals surface area contributed by atoms with Gasteiger partial charge in [0, 0.05) is 5.41 Å². The van der Waals surface area contributed by atoms with E-state index in [0.717, 1.165) is 13.2 Å². The Bertz CT molecular complexity index is 374. The summed E-state index contributed by atoms with van der Waals surface area (Å²) in [7, 11) is 0. The van der Waals surface area contributed by atoms with Gasteiger partial charge in [-0.25, -0.2) is 0 Å². The van der Waals surface area contributed by atoms with Crippen molar-refractivity contribution in [1.82, 2.24) is 0 Å². The SMILES string of the molecule is Cc1cc(C)c(C)c(C2(C)COC2)c1C. The van der Waals surface area contributed by atoms with Crippen LogP contribution < -0.4 is 0 Å². The highest BCUT2D eigenvalue weighted by molar-refractivity contribution is 5.48. The predicted octanol–water partition coefficient (Wildman–Crippen LogP) is 3.21. The minimum Gasteiger partial charge on any atom is -0.379 e. The molecular formula is C14H20O. The molecule has 1 heterocycles. The first-order valence-electron chi connectivity index (χ1n) is 5.61. The fourth-order valence-corrected chi connectivity index (χ4v) is 2.67. The van der Waals surface area contributed by atoms with E-state index in [1.165, 1.54) is 27.8 Å². The maximum absolute atomic E-state index is 5.38. The van der Waals surface area contributed by atoms with E-state index in [0.29, 0.717) is 0 Å². The van der Waals surface area contributed by atoms with E-state index < -0.39 is 0 Å². The molecule has 1 saturated heterocycles. The lowest BCUT2D eigenvalue weighted by molar-refractivity contribution is -0.0506. The van der Waals surface area contributed by atoms with Gasteiger partial charge in [-0.05, 0) is 55.5 Å². The highest BCUT2D eigenvalue weighted by Gasteiger charge is 2.38. The maximum Gasteiger partial charge on any atom is 0.0583 e. The van der Waals surface area contributed by atoms with Crippen molar-refractivity contribution >= 4 is 0 Å². The summed E-state index contributed by atoms with van der Waals surface area (Å²) in [4.78, 5) is 0. The molecule has 0 spiro atoms. The highest BCUT2D eigenvalue weighted by atomic mass is 16.5. The standard InChI is InChI=1S/C14H20O/c1-9-6-10(2)12(4)13(11(9)3)14(5)7-15-8-14/h6H,7-8H2,1-5H3. The van der Waals surface area contributed by atoms with Crippen molar-refractivity contribution in [3.63, 3.8) is 0 Å². The molecule has 82 valence electrons. The van der Waals surface area contributed by atoms with Gasteiger partial charge in [-0.15, -0.1) is 0 Å². The summed E-state index contributed by atoms with van der Waals surface area (Å²) in [5, 5.41) is 0. The van der Waals surface area contributed by atoms with Crippen molar-refractivity contribution in [2.24, 2.45) is 0 Å². The normalized spacial score (nSPS) is 18.7. The molecule has 0 saturated carbocycles. The van der Waals surface area contributed by atoms with Crippen LogP contribution in [0.5, 0.6) is 0 Å². The zero-order chi connectivity index (χ0) is 11.2. The van der Waals surface area contributed by atoms with Crippen LogP contribution in [0.3, 0.4) is 0 Å². The van der Waals surface area contributed by atoms with Crippen molar-refractivity contribution in [2.75, 3.05) is 13.2 Å². The molecule has 0 N–H and O–H groups in total. The van der Waals surface area contributed by atoms with Gasteiger partial charge in [0.25, 0.3) is 0 Å². The molecule has 1 aliphatic heterocycles. The number of hydrogen-bond acceptors (Lipinski definition) is 1. The summed E-state index contributed by atoms with van der Waals surface area (Å²) in [5.41, 5.74) is 7.48. The third-order valence-electron chi connectivity index (χ3n) is 3.81. The Hall–Kier alpha value is -0.820. The van der Waals surface area contributed by atoms with E-state index in [4.69, 9.17) is 4.74 Å². The van der Waals surface area contributed by atoms with E-state index in [1.807, 2.05) is 0 Å². The molecule has 1 fully saturated rings. The van der Waals surface area contributed by atoms with Crippen LogP contribution in [0.2, 0.25) is 0 Å². The van der Waals surface area contributed by atoms with Crippen LogP contribution in [0.15, 0.2) is 6.07 Å². The van der Waals surface area contributed by atoms with Crippen LogP contribution >= 0.6 is 0 Å². The van der Waals surface area contributed by atoms with Gasteiger partial charge >= 0.3 is 0 Å². The third-order valence-corrected chi connectivity index (χ3v) is 3.81.